The Morgan fingerprint density at radius 1 is 1.04 bits per heavy atom. The zero-order chi connectivity index (χ0) is 19.0. The maximum Gasteiger partial charge on any atom is 0.246 e. The van der Waals surface area contributed by atoms with Gasteiger partial charge in [-0.1, -0.05) is 23.7 Å². The van der Waals surface area contributed by atoms with Crippen LogP contribution in [0.25, 0.3) is 0 Å². The number of hydrogen-bond donors (Lipinski definition) is 0. The van der Waals surface area contributed by atoms with E-state index in [4.69, 9.17) is 11.6 Å². The monoisotopic (exact) mass is 383 g/mol. The van der Waals surface area contributed by atoms with Crippen molar-refractivity contribution >= 4 is 28.9 Å². The third kappa shape index (κ3) is 3.21. The molecule has 2 aromatic rings. The van der Waals surface area contributed by atoms with Crippen LogP contribution in [0.2, 0.25) is 5.02 Å². The van der Waals surface area contributed by atoms with E-state index >= 15 is 0 Å². The summed E-state index contributed by atoms with van der Waals surface area (Å²) in [5.41, 5.74) is 3.30. The van der Waals surface area contributed by atoms with Crippen LogP contribution < -0.4 is 9.80 Å². The molecule has 0 bridgehead atoms. The second-order valence-electron chi connectivity index (χ2n) is 7.22. The van der Waals surface area contributed by atoms with Gasteiger partial charge in [0.1, 0.15) is 6.17 Å². The normalized spacial score (nSPS) is 22.3. The molecular formula is C22H26ClN3O. The second-order valence-corrected chi connectivity index (χ2v) is 7.65. The summed E-state index contributed by atoms with van der Waals surface area (Å²) in [6.07, 6.45) is 1.98. The van der Waals surface area contributed by atoms with E-state index in [0.717, 1.165) is 38.2 Å². The number of benzene rings is 2. The molecule has 0 aromatic heterocycles. The summed E-state index contributed by atoms with van der Waals surface area (Å²) in [6, 6.07) is 16.3. The predicted molar refractivity (Wildman–Crippen MR) is 111 cm³/mol. The molecule has 0 saturated carbocycles. The van der Waals surface area contributed by atoms with Gasteiger partial charge < -0.3 is 4.90 Å². The van der Waals surface area contributed by atoms with Crippen LogP contribution in [0.4, 0.5) is 11.4 Å². The summed E-state index contributed by atoms with van der Waals surface area (Å²) >= 11 is 6.06. The van der Waals surface area contributed by atoms with Gasteiger partial charge in [0, 0.05) is 36.0 Å². The number of fused-ring (bicyclic) bond motifs is 1. The number of halogens is 1. The number of hydrogen-bond acceptors (Lipinski definition) is 3. The largest absolute Gasteiger partial charge is 0.372 e. The Labute approximate surface area is 166 Å². The first kappa shape index (κ1) is 18.3. The average molecular weight is 384 g/mol. The lowest BCUT2D eigenvalue weighted by molar-refractivity contribution is -0.119. The van der Waals surface area contributed by atoms with Gasteiger partial charge in [0.05, 0.1) is 6.04 Å². The van der Waals surface area contributed by atoms with Gasteiger partial charge in [-0.2, -0.15) is 0 Å². The molecule has 0 spiro atoms. The highest BCUT2D eigenvalue weighted by molar-refractivity contribution is 6.30. The molecule has 2 saturated heterocycles. The summed E-state index contributed by atoms with van der Waals surface area (Å²) in [7, 11) is 0. The van der Waals surface area contributed by atoms with Gasteiger partial charge in [0.25, 0.3) is 0 Å². The molecule has 4 rings (SSSR count). The average Bonchev–Trinajstić information content (AvgIpc) is 3.27. The summed E-state index contributed by atoms with van der Waals surface area (Å²) in [4.78, 5) is 19.8. The van der Waals surface area contributed by atoms with Crippen molar-refractivity contribution in [1.82, 2.24) is 4.90 Å². The Kier molecular flexibility index (Phi) is 5.11. The van der Waals surface area contributed by atoms with Crippen LogP contribution in [-0.4, -0.2) is 36.5 Å². The molecule has 2 aromatic carbocycles. The fraction of sp³-hybridized carbons (Fsp3) is 0.409. The third-order valence-corrected chi connectivity index (χ3v) is 6.05. The standard InChI is InChI=1S/C22H26ClN3O/c1-3-24(4-2)18-11-7-16(8-12-18)21-25-15-5-6-20(25)22(27)26(21)19-13-9-17(23)10-14-19/h7-14,20-21H,3-6,15H2,1-2H3. The Hall–Kier alpha value is -2.04. The quantitative estimate of drug-likeness (QED) is 0.749. The summed E-state index contributed by atoms with van der Waals surface area (Å²) in [5, 5.41) is 0.686. The van der Waals surface area contributed by atoms with Crippen molar-refractivity contribution in [3.8, 4) is 0 Å². The van der Waals surface area contributed by atoms with Gasteiger partial charge >= 0.3 is 0 Å². The Morgan fingerprint density at radius 3 is 2.33 bits per heavy atom. The van der Waals surface area contributed by atoms with Crippen LogP contribution >= 0.6 is 11.6 Å². The lowest BCUT2D eigenvalue weighted by Crippen LogP contribution is -2.32. The van der Waals surface area contributed by atoms with Crippen molar-refractivity contribution in [3.05, 3.63) is 59.1 Å². The van der Waals surface area contributed by atoms with Crippen LogP contribution in [0.5, 0.6) is 0 Å². The third-order valence-electron chi connectivity index (χ3n) is 5.80. The Bertz CT molecular complexity index is 801. The second kappa shape index (κ2) is 7.53. The highest BCUT2D eigenvalue weighted by atomic mass is 35.5. The van der Waals surface area contributed by atoms with Gasteiger partial charge in [-0.3, -0.25) is 14.6 Å². The molecule has 0 aliphatic carbocycles. The van der Waals surface area contributed by atoms with Gasteiger partial charge in [0.15, 0.2) is 0 Å². The van der Waals surface area contributed by atoms with E-state index in [-0.39, 0.29) is 18.1 Å². The topological polar surface area (TPSA) is 26.8 Å². The first-order valence-electron chi connectivity index (χ1n) is 9.83. The molecule has 2 unspecified atom stereocenters. The Morgan fingerprint density at radius 2 is 1.70 bits per heavy atom. The molecule has 2 aliphatic heterocycles. The first-order valence-corrected chi connectivity index (χ1v) is 10.2. The van der Waals surface area contributed by atoms with E-state index in [2.05, 4.69) is 47.9 Å². The molecule has 0 N–H and O–H groups in total. The summed E-state index contributed by atoms with van der Waals surface area (Å²) in [6.45, 7) is 7.28. The van der Waals surface area contributed by atoms with E-state index in [1.165, 1.54) is 11.3 Å². The minimum atomic E-state index is -0.0445. The smallest absolute Gasteiger partial charge is 0.246 e. The van der Waals surface area contributed by atoms with Gasteiger partial charge in [-0.25, -0.2) is 0 Å². The minimum Gasteiger partial charge on any atom is -0.372 e. The zero-order valence-electron chi connectivity index (χ0n) is 15.9. The fourth-order valence-electron chi connectivity index (χ4n) is 4.43. The number of carbonyl (C=O) groups is 1. The van der Waals surface area contributed by atoms with Crippen molar-refractivity contribution in [3.63, 3.8) is 0 Å². The molecule has 2 aliphatic rings. The van der Waals surface area contributed by atoms with Crippen LogP contribution in [0.3, 0.4) is 0 Å². The maximum atomic E-state index is 13.2. The predicted octanol–water partition coefficient (Wildman–Crippen LogP) is 4.70. The molecule has 2 atom stereocenters. The van der Waals surface area contributed by atoms with Gasteiger partial charge in [-0.15, -0.1) is 0 Å². The number of carbonyl (C=O) groups excluding carboxylic acids is 1. The fourth-order valence-corrected chi connectivity index (χ4v) is 4.56. The molecule has 0 radical (unpaired) electrons. The Balaban J connectivity index is 1.71. The van der Waals surface area contributed by atoms with E-state index in [1.807, 2.05) is 29.2 Å². The van der Waals surface area contributed by atoms with Crippen molar-refractivity contribution in [2.75, 3.05) is 29.4 Å². The summed E-state index contributed by atoms with van der Waals surface area (Å²) in [5.74, 6) is 0.202. The van der Waals surface area contributed by atoms with E-state index < -0.39 is 0 Å². The highest BCUT2D eigenvalue weighted by Gasteiger charge is 2.49. The van der Waals surface area contributed by atoms with Crippen LogP contribution in [0, 0.1) is 0 Å². The molecule has 4 nitrogen and oxygen atoms in total. The SMILES string of the molecule is CCN(CC)c1ccc(C2N(c3ccc(Cl)cc3)C(=O)C3CCCN32)cc1. The first-order chi connectivity index (χ1) is 13.1. The molecule has 2 heterocycles. The molecule has 27 heavy (non-hydrogen) atoms. The lowest BCUT2D eigenvalue weighted by atomic mass is 10.1. The van der Waals surface area contributed by atoms with Crippen molar-refractivity contribution < 1.29 is 4.79 Å². The molecule has 2 fully saturated rings. The number of anilines is 2. The van der Waals surface area contributed by atoms with Crippen LogP contribution in [0.1, 0.15) is 38.4 Å². The molecule has 5 heteroatoms. The van der Waals surface area contributed by atoms with E-state index in [9.17, 15) is 4.79 Å². The number of rotatable bonds is 5. The lowest BCUT2D eigenvalue weighted by Gasteiger charge is -2.30. The number of amides is 1. The zero-order valence-corrected chi connectivity index (χ0v) is 16.7. The van der Waals surface area contributed by atoms with Crippen molar-refractivity contribution in [1.29, 1.82) is 0 Å². The van der Waals surface area contributed by atoms with Gasteiger partial charge in [-0.05, 0) is 68.7 Å². The summed E-state index contributed by atoms with van der Waals surface area (Å²) < 4.78 is 0. The minimum absolute atomic E-state index is 0.00635. The van der Waals surface area contributed by atoms with E-state index in [1.54, 1.807) is 0 Å². The van der Waals surface area contributed by atoms with Crippen LogP contribution in [0.15, 0.2) is 48.5 Å². The maximum absolute atomic E-state index is 13.2. The number of nitrogens with zero attached hydrogens (tertiary/aromatic N) is 3. The van der Waals surface area contributed by atoms with Crippen LogP contribution in [-0.2, 0) is 4.79 Å². The van der Waals surface area contributed by atoms with Crippen molar-refractivity contribution in [2.24, 2.45) is 0 Å². The molecule has 142 valence electrons. The highest BCUT2D eigenvalue weighted by Crippen LogP contribution is 2.42. The molecular weight excluding hydrogens is 358 g/mol. The van der Waals surface area contributed by atoms with Gasteiger partial charge in [0.2, 0.25) is 5.91 Å². The van der Waals surface area contributed by atoms with Crippen molar-refractivity contribution in [2.45, 2.75) is 38.9 Å². The molecule has 1 amide bonds. The van der Waals surface area contributed by atoms with E-state index in [0.29, 0.717) is 5.02 Å².